The van der Waals surface area contributed by atoms with Crippen LogP contribution < -0.4 is 5.73 Å². The van der Waals surface area contributed by atoms with Crippen molar-refractivity contribution in [2.75, 3.05) is 19.6 Å². The molecule has 1 aliphatic rings. The quantitative estimate of drug-likeness (QED) is 0.904. The fourth-order valence-corrected chi connectivity index (χ4v) is 2.18. The van der Waals surface area contributed by atoms with E-state index in [1.807, 2.05) is 12.1 Å². The highest BCUT2D eigenvalue weighted by Gasteiger charge is 2.17. The number of hydrogen-bond donors (Lipinski definition) is 1. The molecule has 1 aromatic rings. The van der Waals surface area contributed by atoms with Crippen molar-refractivity contribution in [1.82, 2.24) is 4.90 Å². The van der Waals surface area contributed by atoms with E-state index >= 15 is 0 Å². The van der Waals surface area contributed by atoms with Crippen molar-refractivity contribution >= 4 is 15.9 Å². The minimum Gasteiger partial charge on any atom is -0.453 e. The average molecular weight is 259 g/mol. The first kappa shape index (κ1) is 10.2. The molecule has 2 N–H and O–H groups in total. The molecule has 1 aromatic heterocycles. The van der Waals surface area contributed by atoms with Crippen molar-refractivity contribution in [3.8, 4) is 0 Å². The molecule has 0 bridgehead atoms. The minimum absolute atomic E-state index is 0.000556. The third-order valence-corrected chi connectivity index (χ3v) is 3.04. The molecule has 0 radical (unpaired) electrons. The van der Waals surface area contributed by atoms with Crippen molar-refractivity contribution in [2.45, 2.75) is 18.9 Å². The summed E-state index contributed by atoms with van der Waals surface area (Å²) in [5.41, 5.74) is 6.03. The monoisotopic (exact) mass is 258 g/mol. The summed E-state index contributed by atoms with van der Waals surface area (Å²) in [6.07, 6.45) is 2.60. The van der Waals surface area contributed by atoms with Crippen LogP contribution in [0, 0.1) is 0 Å². The standard InChI is InChI=1S/C10H15BrN2O/c11-10-4-3-9(14-10)8(12)7-13-5-1-2-6-13/h3-4,8H,1-2,5-7,12H2. The van der Waals surface area contributed by atoms with E-state index in [0.717, 1.165) is 17.0 Å². The summed E-state index contributed by atoms with van der Waals surface area (Å²) in [6, 6.07) is 3.82. The van der Waals surface area contributed by atoms with Crippen molar-refractivity contribution < 1.29 is 4.42 Å². The molecule has 2 rings (SSSR count). The molecular weight excluding hydrogens is 244 g/mol. The van der Waals surface area contributed by atoms with Gasteiger partial charge in [-0.25, -0.2) is 0 Å². The van der Waals surface area contributed by atoms with Gasteiger partial charge in [-0.15, -0.1) is 0 Å². The molecule has 4 heteroatoms. The third-order valence-electron chi connectivity index (χ3n) is 2.61. The highest BCUT2D eigenvalue weighted by Crippen LogP contribution is 2.20. The van der Waals surface area contributed by atoms with Gasteiger partial charge in [0.05, 0.1) is 6.04 Å². The predicted molar refractivity (Wildman–Crippen MR) is 59.0 cm³/mol. The Morgan fingerprint density at radius 2 is 2.14 bits per heavy atom. The summed E-state index contributed by atoms with van der Waals surface area (Å²) in [7, 11) is 0. The summed E-state index contributed by atoms with van der Waals surface area (Å²) in [5.74, 6) is 0.865. The molecule has 0 spiro atoms. The van der Waals surface area contributed by atoms with E-state index in [-0.39, 0.29) is 6.04 Å². The zero-order valence-electron chi connectivity index (χ0n) is 8.08. The van der Waals surface area contributed by atoms with Gasteiger partial charge in [-0.3, -0.25) is 0 Å². The molecule has 0 aliphatic carbocycles. The molecule has 14 heavy (non-hydrogen) atoms. The number of rotatable bonds is 3. The highest BCUT2D eigenvalue weighted by atomic mass is 79.9. The lowest BCUT2D eigenvalue weighted by Gasteiger charge is -2.18. The van der Waals surface area contributed by atoms with Gasteiger partial charge in [0.2, 0.25) is 0 Å². The number of nitrogens with zero attached hydrogens (tertiary/aromatic N) is 1. The lowest BCUT2D eigenvalue weighted by atomic mass is 10.2. The molecule has 2 heterocycles. The molecule has 1 saturated heterocycles. The van der Waals surface area contributed by atoms with Crippen LogP contribution in [0.25, 0.3) is 0 Å². The van der Waals surface area contributed by atoms with Crippen LogP contribution in [0.1, 0.15) is 24.6 Å². The third kappa shape index (κ3) is 2.38. The molecule has 1 atom stereocenters. The van der Waals surface area contributed by atoms with E-state index in [9.17, 15) is 0 Å². The van der Waals surface area contributed by atoms with Gasteiger partial charge in [-0.1, -0.05) is 0 Å². The van der Waals surface area contributed by atoms with E-state index in [1.54, 1.807) is 0 Å². The van der Waals surface area contributed by atoms with E-state index in [0.29, 0.717) is 0 Å². The Morgan fingerprint density at radius 3 is 2.71 bits per heavy atom. The summed E-state index contributed by atoms with van der Waals surface area (Å²) in [5, 5.41) is 0. The second-order valence-electron chi connectivity index (χ2n) is 3.76. The summed E-state index contributed by atoms with van der Waals surface area (Å²) in [4.78, 5) is 2.39. The van der Waals surface area contributed by atoms with E-state index in [1.165, 1.54) is 25.9 Å². The van der Waals surface area contributed by atoms with Crippen molar-refractivity contribution in [1.29, 1.82) is 0 Å². The van der Waals surface area contributed by atoms with E-state index < -0.39 is 0 Å². The molecule has 1 aliphatic heterocycles. The van der Waals surface area contributed by atoms with Crippen LogP contribution in [0.2, 0.25) is 0 Å². The molecule has 3 nitrogen and oxygen atoms in total. The molecule has 0 amide bonds. The van der Waals surface area contributed by atoms with Crippen molar-refractivity contribution in [2.24, 2.45) is 5.73 Å². The van der Waals surface area contributed by atoms with Gasteiger partial charge in [0.15, 0.2) is 4.67 Å². The number of halogens is 1. The zero-order chi connectivity index (χ0) is 9.97. The summed E-state index contributed by atoms with van der Waals surface area (Å²) >= 11 is 3.28. The largest absolute Gasteiger partial charge is 0.453 e. The van der Waals surface area contributed by atoms with Crippen molar-refractivity contribution in [3.05, 3.63) is 22.6 Å². The number of hydrogen-bond acceptors (Lipinski definition) is 3. The van der Waals surface area contributed by atoms with Gasteiger partial charge in [-0.2, -0.15) is 0 Å². The Bertz CT molecular complexity index is 294. The Kier molecular flexibility index (Phi) is 3.26. The zero-order valence-corrected chi connectivity index (χ0v) is 9.66. The summed E-state index contributed by atoms with van der Waals surface area (Å²) in [6.45, 7) is 3.26. The maximum absolute atomic E-state index is 6.03. The fraction of sp³-hybridized carbons (Fsp3) is 0.600. The predicted octanol–water partition coefficient (Wildman–Crippen LogP) is 2.14. The number of likely N-dealkylation sites (tertiary alicyclic amines) is 1. The van der Waals surface area contributed by atoms with Crippen LogP contribution in [0.3, 0.4) is 0 Å². The first-order valence-corrected chi connectivity index (χ1v) is 5.78. The SMILES string of the molecule is NC(CN1CCCC1)c1ccc(Br)o1. The van der Waals surface area contributed by atoms with Gasteiger partial charge < -0.3 is 15.1 Å². The van der Waals surface area contributed by atoms with Gasteiger partial charge in [0.25, 0.3) is 0 Å². The highest BCUT2D eigenvalue weighted by molar-refractivity contribution is 9.10. The van der Waals surface area contributed by atoms with Gasteiger partial charge >= 0.3 is 0 Å². The van der Waals surface area contributed by atoms with E-state index in [2.05, 4.69) is 20.8 Å². The molecular formula is C10H15BrN2O. The number of nitrogens with two attached hydrogens (primary N) is 1. The van der Waals surface area contributed by atoms with Crippen LogP contribution in [0.4, 0.5) is 0 Å². The fourth-order valence-electron chi connectivity index (χ4n) is 1.86. The first-order chi connectivity index (χ1) is 6.75. The maximum atomic E-state index is 6.03. The average Bonchev–Trinajstić information content (AvgIpc) is 2.75. The second kappa shape index (κ2) is 4.47. The molecule has 78 valence electrons. The van der Waals surface area contributed by atoms with Crippen LogP contribution in [0.5, 0.6) is 0 Å². The molecule has 1 fully saturated rings. The lowest BCUT2D eigenvalue weighted by Crippen LogP contribution is -2.29. The van der Waals surface area contributed by atoms with Gasteiger partial charge in [0.1, 0.15) is 5.76 Å². The topological polar surface area (TPSA) is 42.4 Å². The van der Waals surface area contributed by atoms with Crippen LogP contribution in [-0.4, -0.2) is 24.5 Å². The van der Waals surface area contributed by atoms with E-state index in [4.69, 9.17) is 10.2 Å². The Balaban J connectivity index is 1.91. The summed E-state index contributed by atoms with van der Waals surface area (Å²) < 4.78 is 6.17. The smallest absolute Gasteiger partial charge is 0.169 e. The molecule has 1 unspecified atom stereocenters. The Morgan fingerprint density at radius 1 is 1.43 bits per heavy atom. The Labute approximate surface area is 92.4 Å². The maximum Gasteiger partial charge on any atom is 0.169 e. The van der Waals surface area contributed by atoms with Crippen molar-refractivity contribution in [3.63, 3.8) is 0 Å². The normalized spacial score (nSPS) is 20.1. The van der Waals surface area contributed by atoms with Gasteiger partial charge in [0, 0.05) is 6.54 Å². The number of furan rings is 1. The van der Waals surface area contributed by atoms with Gasteiger partial charge in [-0.05, 0) is 54.0 Å². The second-order valence-corrected chi connectivity index (χ2v) is 4.54. The van der Waals surface area contributed by atoms with Crippen LogP contribution in [0.15, 0.2) is 21.2 Å². The molecule has 0 aromatic carbocycles. The Hall–Kier alpha value is -0.320. The minimum atomic E-state index is -0.000556. The molecule has 0 saturated carbocycles. The van der Waals surface area contributed by atoms with Crippen LogP contribution in [-0.2, 0) is 0 Å². The first-order valence-electron chi connectivity index (χ1n) is 4.99. The lowest BCUT2D eigenvalue weighted by molar-refractivity contribution is 0.296. The van der Waals surface area contributed by atoms with Crippen LogP contribution >= 0.6 is 15.9 Å².